The molecule has 0 aliphatic carbocycles. The first-order chi connectivity index (χ1) is 3.72. The van der Waals surface area contributed by atoms with Crippen molar-refractivity contribution in [2.24, 2.45) is 5.92 Å². The van der Waals surface area contributed by atoms with Crippen LogP contribution in [0.5, 0.6) is 0 Å². The number of esters is 1. The summed E-state index contributed by atoms with van der Waals surface area (Å²) in [7, 11) is 1.23. The Morgan fingerprint density at radius 1 is 1.67 bits per heavy atom. The summed E-state index contributed by atoms with van der Waals surface area (Å²) in [6.07, 6.45) is 1.49. The van der Waals surface area contributed by atoms with Gasteiger partial charge in [-0.2, -0.15) is 0 Å². The Kier molecular flexibility index (Phi) is 8.47. The normalized spacial score (nSPS) is 10.9. The molecule has 0 N–H and O–H groups in total. The van der Waals surface area contributed by atoms with Crippen molar-refractivity contribution in [3.05, 3.63) is 0 Å². The van der Waals surface area contributed by atoms with Gasteiger partial charge in [0.25, 0.3) is 5.97 Å². The predicted molar refractivity (Wildman–Crippen MR) is 26.9 cm³/mol. The van der Waals surface area contributed by atoms with Crippen LogP contribution in [0.3, 0.4) is 0 Å². The van der Waals surface area contributed by atoms with E-state index in [1.807, 2.05) is 0 Å². The summed E-state index contributed by atoms with van der Waals surface area (Å²) in [6, 6.07) is 0. The second-order valence-electron chi connectivity index (χ2n) is 1.36. The van der Waals surface area contributed by atoms with Crippen LogP contribution >= 0.6 is 0 Å². The van der Waals surface area contributed by atoms with Crippen LogP contribution in [0, 0.1) is 5.92 Å². The Hall–Kier alpha value is 0.244. The van der Waals surface area contributed by atoms with E-state index in [-0.39, 0.29) is 32.7 Å². The molecule has 0 bridgehead atoms. The van der Waals surface area contributed by atoms with Gasteiger partial charge in [0, 0.05) is 32.7 Å². The molecular formula is C5H7O3Y-. The van der Waals surface area contributed by atoms with E-state index in [2.05, 4.69) is 4.74 Å². The van der Waals surface area contributed by atoms with Gasteiger partial charge in [0.15, 0.2) is 0 Å². The summed E-state index contributed by atoms with van der Waals surface area (Å²) < 4.78 is 4.20. The van der Waals surface area contributed by atoms with Crippen molar-refractivity contribution in [3.63, 3.8) is 0 Å². The van der Waals surface area contributed by atoms with E-state index in [1.165, 1.54) is 20.3 Å². The van der Waals surface area contributed by atoms with Crippen molar-refractivity contribution in [2.45, 2.75) is 6.92 Å². The fourth-order valence-electron chi connectivity index (χ4n) is 0.225. The van der Waals surface area contributed by atoms with Crippen LogP contribution < -0.4 is 0 Å². The minimum absolute atomic E-state index is 0. The summed E-state index contributed by atoms with van der Waals surface area (Å²) in [5.41, 5.74) is 0. The maximum atomic E-state index is 10.3. The third kappa shape index (κ3) is 4.73. The number of carbonyl (C=O) groups is 1. The largest absolute Gasteiger partial charge is 0.541 e. The summed E-state index contributed by atoms with van der Waals surface area (Å²) in [5.74, 6) is -1.29. The molecule has 0 saturated heterocycles. The molecule has 0 aromatic carbocycles. The Labute approximate surface area is 79.0 Å². The molecule has 49 valence electrons. The van der Waals surface area contributed by atoms with Crippen LogP contribution in [0.4, 0.5) is 0 Å². The number of hydrogen-bond acceptors (Lipinski definition) is 3. The van der Waals surface area contributed by atoms with Crippen molar-refractivity contribution in [2.75, 3.05) is 7.11 Å². The van der Waals surface area contributed by atoms with E-state index in [9.17, 15) is 9.59 Å². The standard InChI is InChI=1S/C5H7O3.Y/c1-4(3-6)5(7)8-2;/h4H,1-2H3;/q-1;. The number of hydrogen-bond donors (Lipinski definition) is 0. The molecule has 3 nitrogen and oxygen atoms in total. The summed E-state index contributed by atoms with van der Waals surface area (Å²) in [4.78, 5) is 19.9. The van der Waals surface area contributed by atoms with E-state index in [1.54, 1.807) is 0 Å². The molecule has 1 atom stereocenters. The average Bonchev–Trinajstić information content (AvgIpc) is 1.84. The topological polar surface area (TPSA) is 43.4 Å². The second kappa shape index (κ2) is 6.37. The third-order valence-corrected chi connectivity index (χ3v) is 0.732. The molecular weight excluding hydrogens is 197 g/mol. The molecule has 0 aromatic heterocycles. The Morgan fingerprint density at radius 3 is 2.22 bits per heavy atom. The number of carbonyl (C=O) groups excluding carboxylic acids is 2. The number of methoxy groups -OCH3 is 1. The first-order valence-electron chi connectivity index (χ1n) is 2.18. The molecule has 0 aliphatic heterocycles. The van der Waals surface area contributed by atoms with Crippen molar-refractivity contribution in [1.29, 1.82) is 0 Å². The minimum Gasteiger partial charge on any atom is -0.541 e. The van der Waals surface area contributed by atoms with Gasteiger partial charge in [-0.3, -0.25) is 11.1 Å². The molecule has 0 aromatic rings. The SMILES string of the molecule is COC(=O)C(C)[C-]=O.[Y]. The van der Waals surface area contributed by atoms with Gasteiger partial charge in [-0.25, -0.2) is 0 Å². The van der Waals surface area contributed by atoms with Gasteiger partial charge in [-0.15, -0.1) is 0 Å². The van der Waals surface area contributed by atoms with Gasteiger partial charge in [0.2, 0.25) is 0 Å². The molecule has 1 unspecified atom stereocenters. The third-order valence-electron chi connectivity index (χ3n) is 0.732. The number of ether oxygens (including phenoxy) is 1. The molecule has 0 aliphatic rings. The molecule has 0 fully saturated rings. The molecule has 0 heterocycles. The van der Waals surface area contributed by atoms with Crippen LogP contribution in [-0.2, 0) is 47.0 Å². The molecule has 0 amide bonds. The van der Waals surface area contributed by atoms with E-state index >= 15 is 0 Å². The predicted octanol–water partition coefficient (Wildman–Crippen LogP) is -0.0973. The van der Waals surface area contributed by atoms with E-state index in [0.717, 1.165) is 0 Å². The van der Waals surface area contributed by atoms with Gasteiger partial charge in [-0.05, 0) is 5.92 Å². The first-order valence-corrected chi connectivity index (χ1v) is 2.18. The van der Waals surface area contributed by atoms with Crippen LogP contribution in [-0.4, -0.2) is 19.4 Å². The Morgan fingerprint density at radius 2 is 2.11 bits per heavy atom. The van der Waals surface area contributed by atoms with E-state index in [4.69, 9.17) is 0 Å². The minimum atomic E-state index is -0.750. The van der Waals surface area contributed by atoms with Crippen LogP contribution in [0.25, 0.3) is 0 Å². The Bertz CT molecular complexity index is 102. The summed E-state index contributed by atoms with van der Waals surface area (Å²) in [6.45, 7) is 1.43. The zero-order valence-electron chi connectivity index (χ0n) is 5.38. The van der Waals surface area contributed by atoms with Gasteiger partial charge >= 0.3 is 0 Å². The fourth-order valence-corrected chi connectivity index (χ4v) is 0.225. The van der Waals surface area contributed by atoms with E-state index in [0.29, 0.717) is 0 Å². The van der Waals surface area contributed by atoms with Crippen LogP contribution in [0.2, 0.25) is 0 Å². The van der Waals surface area contributed by atoms with Crippen molar-refractivity contribution in [1.82, 2.24) is 0 Å². The quantitative estimate of drug-likeness (QED) is 0.358. The van der Waals surface area contributed by atoms with Gasteiger partial charge in [0.1, 0.15) is 0 Å². The molecule has 0 saturated carbocycles. The first kappa shape index (κ1) is 12.0. The van der Waals surface area contributed by atoms with E-state index < -0.39 is 11.9 Å². The zero-order valence-corrected chi connectivity index (χ0v) is 8.22. The monoisotopic (exact) mass is 204 g/mol. The van der Waals surface area contributed by atoms with Gasteiger partial charge in [0.05, 0.1) is 7.11 Å². The molecule has 1 radical (unpaired) electrons. The van der Waals surface area contributed by atoms with Crippen molar-refractivity contribution in [3.8, 4) is 0 Å². The fraction of sp³-hybridized carbons (Fsp3) is 0.600. The molecule has 0 spiro atoms. The summed E-state index contributed by atoms with van der Waals surface area (Å²) in [5, 5.41) is 0. The molecule has 9 heavy (non-hydrogen) atoms. The van der Waals surface area contributed by atoms with Crippen LogP contribution in [0.15, 0.2) is 0 Å². The molecule has 4 heteroatoms. The van der Waals surface area contributed by atoms with Crippen molar-refractivity contribution >= 4 is 12.3 Å². The maximum Gasteiger partial charge on any atom is 0.281 e. The van der Waals surface area contributed by atoms with Crippen molar-refractivity contribution < 1.29 is 47.0 Å². The zero-order chi connectivity index (χ0) is 6.57. The second-order valence-corrected chi connectivity index (χ2v) is 1.36. The average molecular weight is 204 g/mol. The molecule has 0 rings (SSSR count). The van der Waals surface area contributed by atoms with Crippen LogP contribution in [0.1, 0.15) is 6.92 Å². The Balaban J connectivity index is 0. The number of rotatable bonds is 2. The van der Waals surface area contributed by atoms with Gasteiger partial charge in [-0.1, -0.05) is 6.92 Å². The maximum absolute atomic E-state index is 10.3. The smallest absolute Gasteiger partial charge is 0.281 e. The van der Waals surface area contributed by atoms with Gasteiger partial charge < -0.3 is 9.53 Å². The summed E-state index contributed by atoms with van der Waals surface area (Å²) >= 11 is 0.